The first-order valence-corrected chi connectivity index (χ1v) is 9.28. The van der Waals surface area contributed by atoms with Gasteiger partial charge in [-0.05, 0) is 43.8 Å². The van der Waals surface area contributed by atoms with Crippen LogP contribution >= 0.6 is 11.3 Å². The van der Waals surface area contributed by atoms with E-state index in [1.807, 2.05) is 50.4 Å². The second kappa shape index (κ2) is 7.51. The van der Waals surface area contributed by atoms with E-state index in [0.29, 0.717) is 0 Å². The molecule has 0 fully saturated rings. The molecule has 1 aromatic carbocycles. The molecule has 0 spiro atoms. The highest BCUT2D eigenvalue weighted by Crippen LogP contribution is 2.29. The van der Waals surface area contributed by atoms with Crippen molar-refractivity contribution < 1.29 is 9.29 Å². The van der Waals surface area contributed by atoms with Crippen LogP contribution in [0.4, 0.5) is 0 Å². The molecule has 1 heterocycles. The van der Waals surface area contributed by atoms with Crippen LogP contribution in [0.25, 0.3) is 0 Å². The summed E-state index contributed by atoms with van der Waals surface area (Å²) in [5.41, 5.74) is 1.11. The Bertz CT molecular complexity index is 579. The Kier molecular flexibility index (Phi) is 5.92. The minimum Gasteiger partial charge on any atom is -0.598 e. The number of para-hydroxylation sites is 1. The van der Waals surface area contributed by atoms with Crippen LogP contribution < -0.4 is 9.46 Å². The Morgan fingerprint density at radius 2 is 1.95 bits per heavy atom. The molecule has 0 saturated heterocycles. The molecule has 3 nitrogen and oxygen atoms in total. The average Bonchev–Trinajstić information content (AvgIpc) is 3.00. The van der Waals surface area contributed by atoms with E-state index in [2.05, 4.69) is 16.9 Å². The minimum atomic E-state index is -1.12. The van der Waals surface area contributed by atoms with E-state index in [4.69, 9.17) is 4.74 Å². The number of benzene rings is 1. The van der Waals surface area contributed by atoms with Crippen molar-refractivity contribution in [2.24, 2.45) is 0 Å². The van der Waals surface area contributed by atoms with Crippen LogP contribution in [0.2, 0.25) is 0 Å². The van der Waals surface area contributed by atoms with E-state index in [-0.39, 0.29) is 10.8 Å². The molecule has 0 unspecified atom stereocenters. The van der Waals surface area contributed by atoms with Crippen molar-refractivity contribution in [2.45, 2.75) is 38.0 Å². The molecule has 0 aliphatic carbocycles. The Hall–Kier alpha value is -1.01. The van der Waals surface area contributed by atoms with E-state index in [1.54, 1.807) is 18.4 Å². The monoisotopic (exact) mass is 337 g/mol. The van der Waals surface area contributed by atoms with Crippen molar-refractivity contribution in [1.29, 1.82) is 0 Å². The van der Waals surface area contributed by atoms with Gasteiger partial charge >= 0.3 is 0 Å². The van der Waals surface area contributed by atoms with Gasteiger partial charge in [0.1, 0.15) is 10.5 Å². The Balaban J connectivity index is 2.22. The standard InChI is InChI=1S/C17H23NO2S2/c1-17(2,3)22(19)18-14(16-10-7-11-21-16)12-13-8-5-6-9-15(13)20-4/h5-11,14,18H,12H2,1-4H3/t14-,22-/m1/s1. The number of nitrogens with one attached hydrogen (secondary N) is 1. The Morgan fingerprint density at radius 3 is 2.55 bits per heavy atom. The van der Waals surface area contributed by atoms with Gasteiger partial charge < -0.3 is 9.29 Å². The van der Waals surface area contributed by atoms with Crippen LogP contribution in [-0.4, -0.2) is 16.4 Å². The number of thiophene rings is 1. The fourth-order valence-electron chi connectivity index (χ4n) is 2.09. The first kappa shape index (κ1) is 17.3. The summed E-state index contributed by atoms with van der Waals surface area (Å²) >= 11 is 0.560. The third-order valence-corrected chi connectivity index (χ3v) is 5.91. The van der Waals surface area contributed by atoms with E-state index in [1.165, 1.54) is 4.88 Å². The van der Waals surface area contributed by atoms with Crippen molar-refractivity contribution in [3.63, 3.8) is 0 Å². The normalized spacial score (nSPS) is 14.6. The number of hydrogen-bond acceptors (Lipinski definition) is 4. The van der Waals surface area contributed by atoms with Gasteiger partial charge in [-0.1, -0.05) is 24.3 Å². The summed E-state index contributed by atoms with van der Waals surface area (Å²) in [7, 11) is 1.68. The molecular weight excluding hydrogens is 314 g/mol. The predicted octanol–water partition coefficient (Wildman–Crippen LogP) is 4.09. The fraction of sp³-hybridized carbons (Fsp3) is 0.412. The lowest BCUT2D eigenvalue weighted by atomic mass is 10.0. The highest BCUT2D eigenvalue weighted by molar-refractivity contribution is 7.90. The van der Waals surface area contributed by atoms with Crippen LogP contribution in [-0.2, 0) is 17.8 Å². The summed E-state index contributed by atoms with van der Waals surface area (Å²) in [5, 5.41) is 2.05. The molecule has 2 atom stereocenters. The predicted molar refractivity (Wildman–Crippen MR) is 94.8 cm³/mol. The van der Waals surface area contributed by atoms with E-state index < -0.39 is 11.4 Å². The van der Waals surface area contributed by atoms with Crippen molar-refractivity contribution in [3.05, 3.63) is 52.2 Å². The lowest BCUT2D eigenvalue weighted by Gasteiger charge is -2.28. The van der Waals surface area contributed by atoms with Crippen LogP contribution in [0.5, 0.6) is 5.75 Å². The third-order valence-electron chi connectivity index (χ3n) is 3.31. The Labute approximate surface area is 140 Å². The molecule has 2 rings (SSSR count). The molecule has 1 aromatic heterocycles. The van der Waals surface area contributed by atoms with E-state index in [9.17, 15) is 4.55 Å². The van der Waals surface area contributed by atoms with Gasteiger partial charge in [0.15, 0.2) is 0 Å². The van der Waals surface area contributed by atoms with Gasteiger partial charge in [-0.15, -0.1) is 16.1 Å². The second-order valence-corrected chi connectivity index (χ2v) is 9.06. The van der Waals surface area contributed by atoms with Gasteiger partial charge in [-0.2, -0.15) is 0 Å². The zero-order valence-corrected chi connectivity index (χ0v) is 15.1. The summed E-state index contributed by atoms with van der Waals surface area (Å²) < 4.78 is 20.9. The summed E-state index contributed by atoms with van der Waals surface area (Å²) in [5.74, 6) is 0.868. The molecule has 0 aliphatic heterocycles. The highest BCUT2D eigenvalue weighted by Gasteiger charge is 2.30. The third kappa shape index (κ3) is 4.49. The highest BCUT2D eigenvalue weighted by atomic mass is 32.2. The van der Waals surface area contributed by atoms with Crippen molar-refractivity contribution in [3.8, 4) is 5.75 Å². The van der Waals surface area contributed by atoms with Gasteiger partial charge in [0, 0.05) is 22.7 Å². The maximum atomic E-state index is 12.5. The molecule has 0 amide bonds. The van der Waals surface area contributed by atoms with Crippen LogP contribution in [0.3, 0.4) is 0 Å². The molecule has 0 saturated carbocycles. The molecule has 0 aliphatic rings. The topological polar surface area (TPSA) is 44.3 Å². The largest absolute Gasteiger partial charge is 0.598 e. The van der Waals surface area contributed by atoms with Gasteiger partial charge in [0.05, 0.1) is 13.2 Å². The molecule has 0 radical (unpaired) electrons. The molecule has 0 bridgehead atoms. The maximum Gasteiger partial charge on any atom is 0.136 e. The Morgan fingerprint density at radius 1 is 1.23 bits per heavy atom. The first-order valence-electron chi connectivity index (χ1n) is 7.25. The van der Waals surface area contributed by atoms with Gasteiger partial charge in [-0.25, -0.2) is 0 Å². The molecule has 22 heavy (non-hydrogen) atoms. The fourth-order valence-corrected chi connectivity index (χ4v) is 3.76. The zero-order chi connectivity index (χ0) is 16.2. The molecule has 5 heteroatoms. The van der Waals surface area contributed by atoms with Crippen LogP contribution in [0, 0.1) is 0 Å². The van der Waals surface area contributed by atoms with E-state index >= 15 is 0 Å². The number of hydrogen-bond donors (Lipinski definition) is 1. The summed E-state index contributed by atoms with van der Waals surface area (Å²) in [6.07, 6.45) is 0.742. The van der Waals surface area contributed by atoms with Crippen molar-refractivity contribution in [2.75, 3.05) is 7.11 Å². The minimum absolute atomic E-state index is 0.0105. The number of ether oxygens (including phenoxy) is 1. The molecule has 120 valence electrons. The van der Waals surface area contributed by atoms with Crippen molar-refractivity contribution >= 4 is 22.7 Å². The number of rotatable bonds is 6. The summed E-state index contributed by atoms with van der Waals surface area (Å²) in [6, 6.07) is 12.1. The SMILES string of the molecule is COc1ccccc1C[C@@H](N[S@+]([O-])C(C)(C)C)c1cccs1. The lowest BCUT2D eigenvalue weighted by molar-refractivity contribution is 0.407. The maximum absolute atomic E-state index is 12.5. The smallest absolute Gasteiger partial charge is 0.136 e. The molecular formula is C17H23NO2S2. The molecule has 1 N–H and O–H groups in total. The summed E-state index contributed by atoms with van der Waals surface area (Å²) in [6.45, 7) is 5.93. The van der Waals surface area contributed by atoms with Gasteiger partial charge in [0.25, 0.3) is 0 Å². The van der Waals surface area contributed by atoms with Crippen LogP contribution in [0.1, 0.15) is 37.3 Å². The summed E-state index contributed by atoms with van der Waals surface area (Å²) in [4.78, 5) is 1.18. The lowest BCUT2D eigenvalue weighted by Crippen LogP contribution is -2.41. The van der Waals surface area contributed by atoms with Crippen LogP contribution in [0.15, 0.2) is 41.8 Å². The molecule has 2 aromatic rings. The van der Waals surface area contributed by atoms with Gasteiger partial charge in [-0.3, -0.25) is 0 Å². The van der Waals surface area contributed by atoms with Crippen molar-refractivity contribution in [1.82, 2.24) is 4.72 Å². The first-order chi connectivity index (χ1) is 10.4. The van der Waals surface area contributed by atoms with E-state index in [0.717, 1.165) is 17.7 Å². The average molecular weight is 338 g/mol. The quantitative estimate of drug-likeness (QED) is 0.807. The second-order valence-electron chi connectivity index (χ2n) is 6.08. The van der Waals surface area contributed by atoms with Gasteiger partial charge in [0.2, 0.25) is 0 Å². The number of methoxy groups -OCH3 is 1. The zero-order valence-electron chi connectivity index (χ0n) is 13.5.